The predicted octanol–water partition coefficient (Wildman–Crippen LogP) is 2.30. The van der Waals surface area contributed by atoms with Gasteiger partial charge in [-0.15, -0.1) is 0 Å². The van der Waals surface area contributed by atoms with Crippen LogP contribution in [-0.2, 0) is 9.53 Å². The number of morpholine rings is 1. The largest absolute Gasteiger partial charge is 0.379 e. The molecule has 1 N–H and O–H groups in total. The number of nitrogens with one attached hydrogen (secondary N) is 1. The van der Waals surface area contributed by atoms with Crippen LogP contribution in [0.3, 0.4) is 0 Å². The van der Waals surface area contributed by atoms with Crippen molar-refractivity contribution in [3.05, 3.63) is 40.4 Å². The molecule has 1 fully saturated rings. The van der Waals surface area contributed by atoms with Gasteiger partial charge in [-0.05, 0) is 24.6 Å². The quantitative estimate of drug-likeness (QED) is 0.826. The second-order valence-corrected chi connectivity index (χ2v) is 5.95. The lowest BCUT2D eigenvalue weighted by molar-refractivity contribution is -0.116. The van der Waals surface area contributed by atoms with E-state index in [2.05, 4.69) is 33.1 Å². The Balaban J connectivity index is 1.78. The minimum atomic E-state index is -0.0640. The minimum Gasteiger partial charge on any atom is -0.379 e. The molecular weight excluding hydrogens is 332 g/mol. The van der Waals surface area contributed by atoms with Gasteiger partial charge >= 0.3 is 0 Å². The number of benzene rings is 1. The van der Waals surface area contributed by atoms with Crippen LogP contribution in [0.25, 0.3) is 6.08 Å². The lowest BCUT2D eigenvalue weighted by Gasteiger charge is -2.32. The highest BCUT2D eigenvalue weighted by atomic mass is 79.9. The van der Waals surface area contributed by atoms with E-state index in [9.17, 15) is 4.79 Å². The number of halogens is 1. The first-order valence-corrected chi connectivity index (χ1v) is 7.98. The van der Waals surface area contributed by atoms with Crippen LogP contribution in [0.5, 0.6) is 0 Å². The Kier molecular flexibility index (Phi) is 6.42. The fraction of sp³-hybridized carbons (Fsp3) is 0.438. The van der Waals surface area contributed by atoms with Crippen molar-refractivity contribution in [2.45, 2.75) is 13.0 Å². The number of hydrogen-bond acceptors (Lipinski definition) is 3. The normalized spacial score (nSPS) is 17.8. The molecule has 0 spiro atoms. The number of rotatable bonds is 5. The average molecular weight is 353 g/mol. The van der Waals surface area contributed by atoms with Gasteiger partial charge in [-0.1, -0.05) is 34.1 Å². The fourth-order valence-corrected chi connectivity index (χ4v) is 2.65. The van der Waals surface area contributed by atoms with Gasteiger partial charge < -0.3 is 10.1 Å². The highest BCUT2D eigenvalue weighted by Crippen LogP contribution is 2.16. The van der Waals surface area contributed by atoms with Crippen LogP contribution in [0.15, 0.2) is 34.8 Å². The van der Waals surface area contributed by atoms with E-state index in [1.54, 1.807) is 6.08 Å². The molecule has 0 aromatic heterocycles. The third-order valence-electron chi connectivity index (χ3n) is 3.56. The molecule has 1 atom stereocenters. The Hall–Kier alpha value is -1.17. The van der Waals surface area contributed by atoms with Gasteiger partial charge in [-0.2, -0.15) is 0 Å². The van der Waals surface area contributed by atoms with Gasteiger partial charge in [-0.3, -0.25) is 9.69 Å². The Morgan fingerprint density at radius 2 is 2.14 bits per heavy atom. The van der Waals surface area contributed by atoms with Crippen LogP contribution in [0.2, 0.25) is 0 Å². The third-order valence-corrected chi connectivity index (χ3v) is 4.28. The third kappa shape index (κ3) is 5.26. The topological polar surface area (TPSA) is 41.6 Å². The maximum atomic E-state index is 11.9. The zero-order chi connectivity index (χ0) is 15.1. The summed E-state index contributed by atoms with van der Waals surface area (Å²) in [5.41, 5.74) is 0.994. The van der Waals surface area contributed by atoms with E-state index in [1.807, 2.05) is 30.3 Å². The molecule has 0 aliphatic carbocycles. The number of carbonyl (C=O) groups excluding carboxylic acids is 1. The molecule has 21 heavy (non-hydrogen) atoms. The second-order valence-electron chi connectivity index (χ2n) is 5.10. The number of amides is 1. The Bertz CT molecular complexity index is 499. The fourth-order valence-electron chi connectivity index (χ4n) is 2.23. The number of nitrogens with zero attached hydrogens (tertiary/aromatic N) is 1. The molecule has 1 aromatic rings. The first-order valence-electron chi connectivity index (χ1n) is 7.19. The second kappa shape index (κ2) is 8.32. The Morgan fingerprint density at radius 1 is 1.43 bits per heavy atom. The standard InChI is InChI=1S/C16H21BrN2O2/c1-13(19-8-10-21-11-9-19)12-18-16(20)7-6-14-4-2-3-5-15(14)17/h2-7,13H,8-12H2,1H3,(H,18,20)/b7-6+. The van der Waals surface area contributed by atoms with Gasteiger partial charge in [0.15, 0.2) is 0 Å². The minimum absolute atomic E-state index is 0.0640. The summed E-state index contributed by atoms with van der Waals surface area (Å²) in [7, 11) is 0. The summed E-state index contributed by atoms with van der Waals surface area (Å²) in [6.45, 7) is 6.20. The van der Waals surface area contributed by atoms with E-state index >= 15 is 0 Å². The molecule has 0 radical (unpaired) electrons. The van der Waals surface area contributed by atoms with Crippen molar-refractivity contribution in [3.63, 3.8) is 0 Å². The summed E-state index contributed by atoms with van der Waals surface area (Å²) in [6, 6.07) is 8.14. The zero-order valence-corrected chi connectivity index (χ0v) is 13.8. The van der Waals surface area contributed by atoms with Gasteiger partial charge in [0.2, 0.25) is 5.91 Å². The monoisotopic (exact) mass is 352 g/mol. The van der Waals surface area contributed by atoms with Crippen LogP contribution in [-0.4, -0.2) is 49.7 Å². The van der Waals surface area contributed by atoms with Crippen molar-refractivity contribution in [2.24, 2.45) is 0 Å². The highest BCUT2D eigenvalue weighted by Gasteiger charge is 2.16. The van der Waals surface area contributed by atoms with Crippen LogP contribution in [0.4, 0.5) is 0 Å². The van der Waals surface area contributed by atoms with Crippen molar-refractivity contribution in [2.75, 3.05) is 32.8 Å². The predicted molar refractivity (Wildman–Crippen MR) is 88.0 cm³/mol. The first kappa shape index (κ1) is 16.2. The maximum Gasteiger partial charge on any atom is 0.244 e. The Labute approximate surface area is 134 Å². The van der Waals surface area contributed by atoms with E-state index in [-0.39, 0.29) is 5.91 Å². The number of hydrogen-bond donors (Lipinski definition) is 1. The van der Waals surface area contributed by atoms with E-state index in [0.29, 0.717) is 12.6 Å². The van der Waals surface area contributed by atoms with Crippen LogP contribution in [0, 0.1) is 0 Å². The zero-order valence-electron chi connectivity index (χ0n) is 12.2. The lowest BCUT2D eigenvalue weighted by Crippen LogP contribution is -2.47. The molecule has 1 aliphatic rings. The van der Waals surface area contributed by atoms with Crippen molar-refractivity contribution >= 4 is 27.9 Å². The van der Waals surface area contributed by atoms with Crippen LogP contribution >= 0.6 is 15.9 Å². The first-order chi connectivity index (χ1) is 10.2. The summed E-state index contributed by atoms with van der Waals surface area (Å²) in [5, 5.41) is 2.95. The summed E-state index contributed by atoms with van der Waals surface area (Å²) >= 11 is 3.46. The van der Waals surface area contributed by atoms with Crippen LogP contribution < -0.4 is 5.32 Å². The van der Waals surface area contributed by atoms with Gasteiger partial charge in [-0.25, -0.2) is 0 Å². The molecule has 1 aromatic carbocycles. The summed E-state index contributed by atoms with van der Waals surface area (Å²) in [4.78, 5) is 14.2. The molecule has 4 nitrogen and oxygen atoms in total. The van der Waals surface area contributed by atoms with Crippen molar-refractivity contribution < 1.29 is 9.53 Å². The molecule has 0 bridgehead atoms. The highest BCUT2D eigenvalue weighted by molar-refractivity contribution is 9.10. The average Bonchev–Trinajstić information content (AvgIpc) is 2.52. The Morgan fingerprint density at radius 3 is 2.86 bits per heavy atom. The van der Waals surface area contributed by atoms with E-state index in [4.69, 9.17) is 4.74 Å². The van der Waals surface area contributed by atoms with Crippen molar-refractivity contribution in [3.8, 4) is 0 Å². The van der Waals surface area contributed by atoms with E-state index in [0.717, 1.165) is 36.3 Å². The van der Waals surface area contributed by atoms with Crippen LogP contribution in [0.1, 0.15) is 12.5 Å². The molecule has 0 saturated carbocycles. The van der Waals surface area contributed by atoms with E-state index < -0.39 is 0 Å². The molecular formula is C16H21BrN2O2. The molecule has 1 heterocycles. The molecule has 1 saturated heterocycles. The number of carbonyl (C=O) groups is 1. The van der Waals surface area contributed by atoms with E-state index in [1.165, 1.54) is 0 Å². The van der Waals surface area contributed by atoms with Crippen molar-refractivity contribution in [1.29, 1.82) is 0 Å². The van der Waals surface area contributed by atoms with Gasteiger partial charge in [0, 0.05) is 36.2 Å². The summed E-state index contributed by atoms with van der Waals surface area (Å²) < 4.78 is 6.31. The molecule has 2 rings (SSSR count). The van der Waals surface area contributed by atoms with Crippen molar-refractivity contribution in [1.82, 2.24) is 10.2 Å². The smallest absolute Gasteiger partial charge is 0.244 e. The summed E-state index contributed by atoms with van der Waals surface area (Å²) in [6.07, 6.45) is 3.39. The molecule has 1 unspecified atom stereocenters. The summed E-state index contributed by atoms with van der Waals surface area (Å²) in [5.74, 6) is -0.0640. The molecule has 1 aliphatic heterocycles. The molecule has 114 valence electrons. The van der Waals surface area contributed by atoms with Gasteiger partial charge in [0.25, 0.3) is 0 Å². The maximum absolute atomic E-state index is 11.9. The molecule has 5 heteroatoms. The molecule has 1 amide bonds. The lowest BCUT2D eigenvalue weighted by atomic mass is 10.2. The van der Waals surface area contributed by atoms with Gasteiger partial charge in [0.1, 0.15) is 0 Å². The SMILES string of the molecule is CC(CNC(=O)/C=C/c1ccccc1Br)N1CCOCC1. The van der Waals surface area contributed by atoms with Gasteiger partial charge in [0.05, 0.1) is 13.2 Å². The number of ether oxygens (including phenoxy) is 1.